The SMILES string of the molecule is N#CC(C#N)=NNc1ccc2nc(-c3ccccc3Cl)oc2c1. The molecule has 0 aliphatic rings. The van der Waals surface area contributed by atoms with Crippen molar-refractivity contribution in [2.75, 3.05) is 5.43 Å². The van der Waals surface area contributed by atoms with Gasteiger partial charge in [0.1, 0.15) is 17.7 Å². The Morgan fingerprint density at radius 1 is 1.17 bits per heavy atom. The number of benzene rings is 2. The van der Waals surface area contributed by atoms with Gasteiger partial charge in [0.15, 0.2) is 5.58 Å². The second-order valence-electron chi connectivity index (χ2n) is 4.48. The minimum atomic E-state index is -0.264. The molecule has 0 radical (unpaired) electrons. The number of hydrazone groups is 1. The smallest absolute Gasteiger partial charge is 0.237 e. The van der Waals surface area contributed by atoms with E-state index in [1.165, 1.54) is 0 Å². The third-order valence-electron chi connectivity index (χ3n) is 3.00. The Balaban J connectivity index is 1.96. The van der Waals surface area contributed by atoms with Crippen molar-refractivity contribution in [1.29, 1.82) is 10.5 Å². The van der Waals surface area contributed by atoms with Crippen molar-refractivity contribution in [3.05, 3.63) is 47.5 Å². The van der Waals surface area contributed by atoms with Crippen LogP contribution in [-0.4, -0.2) is 10.7 Å². The summed E-state index contributed by atoms with van der Waals surface area (Å²) >= 11 is 6.14. The maximum absolute atomic E-state index is 8.65. The molecule has 0 bridgehead atoms. The van der Waals surface area contributed by atoms with Gasteiger partial charge in [-0.1, -0.05) is 23.7 Å². The summed E-state index contributed by atoms with van der Waals surface area (Å²) in [6.07, 6.45) is 0. The summed E-state index contributed by atoms with van der Waals surface area (Å²) in [5.41, 5.74) is 4.84. The molecule has 0 atom stereocenters. The van der Waals surface area contributed by atoms with Crippen LogP contribution in [0.5, 0.6) is 0 Å². The van der Waals surface area contributed by atoms with Gasteiger partial charge in [0, 0.05) is 6.07 Å². The van der Waals surface area contributed by atoms with Crippen LogP contribution in [0.2, 0.25) is 5.02 Å². The van der Waals surface area contributed by atoms with Gasteiger partial charge in [-0.3, -0.25) is 5.43 Å². The van der Waals surface area contributed by atoms with Crippen molar-refractivity contribution >= 4 is 34.1 Å². The summed E-state index contributed by atoms with van der Waals surface area (Å²) in [6.45, 7) is 0. The molecule has 1 heterocycles. The second-order valence-corrected chi connectivity index (χ2v) is 4.88. The molecule has 0 spiro atoms. The van der Waals surface area contributed by atoms with Gasteiger partial charge in [-0.05, 0) is 24.3 Å². The number of anilines is 1. The van der Waals surface area contributed by atoms with Gasteiger partial charge in [-0.25, -0.2) is 4.98 Å². The van der Waals surface area contributed by atoms with E-state index in [1.807, 2.05) is 18.2 Å². The number of aromatic nitrogens is 1. The third kappa shape index (κ3) is 2.98. The normalized spacial score (nSPS) is 9.87. The fourth-order valence-corrected chi connectivity index (χ4v) is 2.16. The van der Waals surface area contributed by atoms with E-state index >= 15 is 0 Å². The summed E-state index contributed by atoms with van der Waals surface area (Å²) in [7, 11) is 0. The minimum Gasteiger partial charge on any atom is -0.436 e. The van der Waals surface area contributed by atoms with E-state index in [9.17, 15) is 0 Å². The van der Waals surface area contributed by atoms with Crippen molar-refractivity contribution in [2.45, 2.75) is 0 Å². The van der Waals surface area contributed by atoms with E-state index in [0.29, 0.717) is 33.3 Å². The number of hydrogen-bond acceptors (Lipinski definition) is 6. The zero-order chi connectivity index (χ0) is 16.2. The fourth-order valence-electron chi connectivity index (χ4n) is 1.94. The Morgan fingerprint density at radius 3 is 2.70 bits per heavy atom. The minimum absolute atomic E-state index is 0.264. The molecule has 110 valence electrons. The molecule has 0 fully saturated rings. The predicted molar refractivity (Wildman–Crippen MR) is 86.7 cm³/mol. The van der Waals surface area contributed by atoms with Crippen LogP contribution in [0.25, 0.3) is 22.6 Å². The highest BCUT2D eigenvalue weighted by Crippen LogP contribution is 2.30. The van der Waals surface area contributed by atoms with Crippen molar-refractivity contribution in [1.82, 2.24) is 4.98 Å². The number of nitriles is 2. The molecule has 0 unspecified atom stereocenters. The van der Waals surface area contributed by atoms with Crippen LogP contribution >= 0.6 is 11.6 Å². The van der Waals surface area contributed by atoms with Crippen LogP contribution in [0.1, 0.15) is 0 Å². The molecule has 3 rings (SSSR count). The molecule has 23 heavy (non-hydrogen) atoms. The number of fused-ring (bicyclic) bond motifs is 1. The third-order valence-corrected chi connectivity index (χ3v) is 3.33. The molecule has 0 saturated heterocycles. The van der Waals surface area contributed by atoms with E-state index in [2.05, 4.69) is 15.5 Å². The molecule has 6 nitrogen and oxygen atoms in total. The Labute approximate surface area is 136 Å². The maximum Gasteiger partial charge on any atom is 0.237 e. The Morgan fingerprint density at radius 2 is 1.96 bits per heavy atom. The Hall–Kier alpha value is -3.35. The van der Waals surface area contributed by atoms with E-state index in [1.54, 1.807) is 36.4 Å². The van der Waals surface area contributed by atoms with Gasteiger partial charge in [0.05, 0.1) is 16.3 Å². The van der Waals surface area contributed by atoms with E-state index in [0.717, 1.165) is 0 Å². The van der Waals surface area contributed by atoms with Gasteiger partial charge in [-0.2, -0.15) is 15.6 Å². The Kier molecular flexibility index (Phi) is 3.92. The van der Waals surface area contributed by atoms with Crippen molar-refractivity contribution in [2.24, 2.45) is 5.10 Å². The molecule has 1 N–H and O–H groups in total. The molecular formula is C16H8ClN5O. The number of hydrogen-bond donors (Lipinski definition) is 1. The number of nitrogens with zero attached hydrogens (tertiary/aromatic N) is 4. The van der Waals surface area contributed by atoms with E-state index in [-0.39, 0.29) is 5.71 Å². The van der Waals surface area contributed by atoms with Crippen LogP contribution in [0.4, 0.5) is 5.69 Å². The summed E-state index contributed by atoms with van der Waals surface area (Å²) in [5, 5.41) is 21.5. The first-order chi connectivity index (χ1) is 11.2. The van der Waals surface area contributed by atoms with Crippen molar-refractivity contribution < 1.29 is 4.42 Å². The fraction of sp³-hybridized carbons (Fsp3) is 0. The van der Waals surface area contributed by atoms with Gasteiger partial charge in [-0.15, -0.1) is 0 Å². The van der Waals surface area contributed by atoms with Crippen LogP contribution in [0, 0.1) is 22.7 Å². The van der Waals surface area contributed by atoms with E-state index < -0.39 is 0 Å². The number of rotatable bonds is 3. The van der Waals surface area contributed by atoms with Crippen molar-refractivity contribution in [3.8, 4) is 23.6 Å². The number of oxazole rings is 1. The average Bonchev–Trinajstić information content (AvgIpc) is 2.99. The average molecular weight is 322 g/mol. The second kappa shape index (κ2) is 6.18. The predicted octanol–water partition coefficient (Wildman–Crippen LogP) is 3.96. The van der Waals surface area contributed by atoms with Gasteiger partial charge in [0.25, 0.3) is 0 Å². The monoisotopic (exact) mass is 321 g/mol. The topological polar surface area (TPSA) is 98.0 Å². The summed E-state index contributed by atoms with van der Waals surface area (Å²) in [4.78, 5) is 4.39. The first-order valence-electron chi connectivity index (χ1n) is 6.50. The zero-order valence-corrected chi connectivity index (χ0v) is 12.4. The first kappa shape index (κ1) is 14.6. The quantitative estimate of drug-likeness (QED) is 0.581. The largest absolute Gasteiger partial charge is 0.436 e. The van der Waals surface area contributed by atoms with Gasteiger partial charge < -0.3 is 4.42 Å². The van der Waals surface area contributed by atoms with Crippen LogP contribution < -0.4 is 5.43 Å². The lowest BCUT2D eigenvalue weighted by molar-refractivity contribution is 0.620. The highest BCUT2D eigenvalue weighted by molar-refractivity contribution is 6.33. The highest BCUT2D eigenvalue weighted by atomic mass is 35.5. The lowest BCUT2D eigenvalue weighted by atomic mass is 10.2. The van der Waals surface area contributed by atoms with E-state index in [4.69, 9.17) is 26.5 Å². The summed E-state index contributed by atoms with van der Waals surface area (Å²) < 4.78 is 5.72. The zero-order valence-electron chi connectivity index (χ0n) is 11.6. The summed E-state index contributed by atoms with van der Waals surface area (Å²) in [6, 6.07) is 15.7. The molecular weight excluding hydrogens is 314 g/mol. The lowest BCUT2D eigenvalue weighted by Gasteiger charge is -1.98. The molecule has 2 aromatic carbocycles. The molecule has 0 saturated carbocycles. The summed E-state index contributed by atoms with van der Waals surface area (Å²) in [5.74, 6) is 0.418. The standard InChI is InChI=1S/C16H8ClN5O/c17-13-4-2-1-3-12(13)16-20-14-6-5-10(7-15(14)23-16)21-22-11(8-18)9-19/h1-7,21H. The molecule has 0 aliphatic carbocycles. The van der Waals surface area contributed by atoms with Crippen LogP contribution in [0.3, 0.4) is 0 Å². The molecule has 3 aromatic rings. The maximum atomic E-state index is 8.65. The highest BCUT2D eigenvalue weighted by Gasteiger charge is 2.11. The van der Waals surface area contributed by atoms with Crippen LogP contribution in [-0.2, 0) is 0 Å². The van der Waals surface area contributed by atoms with Crippen LogP contribution in [0.15, 0.2) is 52.0 Å². The number of halogens is 1. The lowest BCUT2D eigenvalue weighted by Crippen LogP contribution is -1.95. The molecule has 0 aliphatic heterocycles. The molecule has 0 amide bonds. The molecule has 7 heteroatoms. The first-order valence-corrected chi connectivity index (χ1v) is 6.88. The van der Waals surface area contributed by atoms with Crippen molar-refractivity contribution in [3.63, 3.8) is 0 Å². The Bertz CT molecular complexity index is 978. The van der Waals surface area contributed by atoms with Gasteiger partial charge >= 0.3 is 0 Å². The molecule has 1 aromatic heterocycles. The van der Waals surface area contributed by atoms with Gasteiger partial charge in [0.2, 0.25) is 11.6 Å². The number of nitrogens with one attached hydrogen (secondary N) is 1.